The summed E-state index contributed by atoms with van der Waals surface area (Å²) in [5.41, 5.74) is 3.46. The molecule has 1 N–H and O–H groups in total. The molecule has 0 spiro atoms. The van der Waals surface area contributed by atoms with Crippen molar-refractivity contribution in [3.05, 3.63) is 77.1 Å². The van der Waals surface area contributed by atoms with E-state index < -0.39 is 10.0 Å². The van der Waals surface area contributed by atoms with Crippen LogP contribution in [0.5, 0.6) is 0 Å². The third-order valence-corrected chi connectivity index (χ3v) is 5.64. The Labute approximate surface area is 152 Å². The van der Waals surface area contributed by atoms with Crippen LogP contribution in [-0.4, -0.2) is 18.2 Å². The number of nitriles is 1. The molecule has 1 heterocycles. The fourth-order valence-electron chi connectivity index (χ4n) is 2.79. The van der Waals surface area contributed by atoms with Crippen LogP contribution in [0.4, 0.5) is 0 Å². The molecule has 6 nitrogen and oxygen atoms in total. The summed E-state index contributed by atoms with van der Waals surface area (Å²) >= 11 is 0. The predicted molar refractivity (Wildman–Crippen MR) is 98.2 cm³/mol. The Balaban J connectivity index is 1.89. The van der Waals surface area contributed by atoms with Crippen LogP contribution in [0.2, 0.25) is 0 Å². The summed E-state index contributed by atoms with van der Waals surface area (Å²) < 4.78 is 29.6. The number of nitrogens with one attached hydrogen (secondary N) is 1. The van der Waals surface area contributed by atoms with Crippen molar-refractivity contribution in [2.45, 2.75) is 25.3 Å². The standard InChI is InChI=1S/C19H18N4O2S/c1-14-18(15(2)23(22-14)17-9-4-3-5-10-17)13-21-26(24,25)19-11-7-6-8-16(19)12-20/h3-11,21H,13H2,1-2H3. The summed E-state index contributed by atoms with van der Waals surface area (Å²) in [5.74, 6) is 0. The Morgan fingerprint density at radius 3 is 2.42 bits per heavy atom. The van der Waals surface area contributed by atoms with Crippen molar-refractivity contribution in [3.8, 4) is 11.8 Å². The van der Waals surface area contributed by atoms with Gasteiger partial charge in [0.05, 0.1) is 21.8 Å². The van der Waals surface area contributed by atoms with Crippen LogP contribution < -0.4 is 4.72 Å². The summed E-state index contributed by atoms with van der Waals surface area (Å²) in [6.45, 7) is 3.85. The average molecular weight is 366 g/mol. The van der Waals surface area contributed by atoms with Crippen LogP contribution in [0.3, 0.4) is 0 Å². The Kier molecular flexibility index (Phi) is 4.89. The highest BCUT2D eigenvalue weighted by Gasteiger charge is 2.20. The van der Waals surface area contributed by atoms with Crippen LogP contribution in [-0.2, 0) is 16.6 Å². The minimum atomic E-state index is -3.80. The van der Waals surface area contributed by atoms with Gasteiger partial charge in [0.2, 0.25) is 10.0 Å². The molecule has 1 aromatic heterocycles. The van der Waals surface area contributed by atoms with E-state index in [1.54, 1.807) is 16.8 Å². The Morgan fingerprint density at radius 2 is 1.73 bits per heavy atom. The highest BCUT2D eigenvalue weighted by Crippen LogP contribution is 2.19. The second kappa shape index (κ2) is 7.12. The molecule has 0 radical (unpaired) electrons. The molecule has 0 fully saturated rings. The van der Waals surface area contributed by atoms with Crippen LogP contribution >= 0.6 is 0 Å². The van der Waals surface area contributed by atoms with E-state index in [0.29, 0.717) is 0 Å². The van der Waals surface area contributed by atoms with Crippen molar-refractivity contribution in [3.63, 3.8) is 0 Å². The Morgan fingerprint density at radius 1 is 1.08 bits per heavy atom. The second-order valence-electron chi connectivity index (χ2n) is 5.83. The van der Waals surface area contributed by atoms with Crippen molar-refractivity contribution >= 4 is 10.0 Å². The lowest BCUT2D eigenvalue weighted by Crippen LogP contribution is -2.24. The van der Waals surface area contributed by atoms with Gasteiger partial charge in [-0.3, -0.25) is 0 Å². The normalized spacial score (nSPS) is 11.3. The van der Waals surface area contributed by atoms with Gasteiger partial charge in [0.1, 0.15) is 6.07 Å². The average Bonchev–Trinajstić information content (AvgIpc) is 2.94. The molecule has 3 rings (SSSR count). The molecule has 0 saturated carbocycles. The van der Waals surface area contributed by atoms with Gasteiger partial charge >= 0.3 is 0 Å². The molecule has 7 heteroatoms. The van der Waals surface area contributed by atoms with E-state index in [1.807, 2.05) is 50.2 Å². The van der Waals surface area contributed by atoms with E-state index >= 15 is 0 Å². The quantitative estimate of drug-likeness (QED) is 0.752. The van der Waals surface area contributed by atoms with E-state index in [9.17, 15) is 8.42 Å². The van der Waals surface area contributed by atoms with Crippen LogP contribution in [0.25, 0.3) is 5.69 Å². The number of rotatable bonds is 5. The topological polar surface area (TPSA) is 87.8 Å². The van der Waals surface area contributed by atoms with Crippen molar-refractivity contribution in [1.29, 1.82) is 5.26 Å². The lowest BCUT2D eigenvalue weighted by molar-refractivity contribution is 0.581. The Bertz CT molecular complexity index is 1080. The van der Waals surface area contributed by atoms with Crippen molar-refractivity contribution in [2.75, 3.05) is 0 Å². The number of para-hydroxylation sites is 1. The molecular formula is C19H18N4O2S. The molecule has 0 saturated heterocycles. The van der Waals surface area contributed by atoms with Crippen molar-refractivity contribution in [1.82, 2.24) is 14.5 Å². The predicted octanol–water partition coefficient (Wildman–Crippen LogP) is 2.84. The van der Waals surface area contributed by atoms with Gasteiger partial charge in [-0.1, -0.05) is 30.3 Å². The van der Waals surface area contributed by atoms with E-state index in [2.05, 4.69) is 9.82 Å². The molecule has 0 unspecified atom stereocenters. The summed E-state index contributed by atoms with van der Waals surface area (Å²) in [6, 6.07) is 17.7. The first-order valence-corrected chi connectivity index (χ1v) is 9.51. The monoisotopic (exact) mass is 366 g/mol. The van der Waals surface area contributed by atoms with Gasteiger partial charge in [0.15, 0.2) is 0 Å². The summed E-state index contributed by atoms with van der Waals surface area (Å²) in [7, 11) is -3.80. The SMILES string of the molecule is Cc1nn(-c2ccccc2)c(C)c1CNS(=O)(=O)c1ccccc1C#N. The van der Waals surface area contributed by atoms with Gasteiger partial charge in [0, 0.05) is 17.8 Å². The van der Waals surface area contributed by atoms with Gasteiger partial charge in [-0.15, -0.1) is 0 Å². The molecule has 26 heavy (non-hydrogen) atoms. The van der Waals surface area contributed by atoms with Gasteiger partial charge in [-0.2, -0.15) is 10.4 Å². The number of sulfonamides is 1. The lowest BCUT2D eigenvalue weighted by atomic mass is 10.2. The smallest absolute Gasteiger partial charge is 0.238 e. The van der Waals surface area contributed by atoms with E-state index in [4.69, 9.17) is 5.26 Å². The number of hydrogen-bond donors (Lipinski definition) is 1. The molecule has 0 aliphatic rings. The van der Waals surface area contributed by atoms with Gasteiger partial charge in [0.25, 0.3) is 0 Å². The minimum absolute atomic E-state index is 0.0201. The highest BCUT2D eigenvalue weighted by molar-refractivity contribution is 7.89. The number of aryl methyl sites for hydroxylation is 1. The van der Waals surface area contributed by atoms with Crippen molar-refractivity contribution in [2.24, 2.45) is 0 Å². The largest absolute Gasteiger partial charge is 0.242 e. The number of nitrogens with zero attached hydrogens (tertiary/aromatic N) is 3. The molecule has 2 aromatic carbocycles. The first-order chi connectivity index (χ1) is 12.4. The maximum absolute atomic E-state index is 12.6. The third kappa shape index (κ3) is 3.38. The van der Waals surface area contributed by atoms with E-state index in [-0.39, 0.29) is 17.0 Å². The van der Waals surface area contributed by atoms with Crippen LogP contribution in [0.1, 0.15) is 22.5 Å². The maximum atomic E-state index is 12.6. The molecule has 0 aliphatic carbocycles. The number of hydrogen-bond acceptors (Lipinski definition) is 4. The summed E-state index contributed by atoms with van der Waals surface area (Å²) in [4.78, 5) is -0.0201. The molecule has 132 valence electrons. The fraction of sp³-hybridized carbons (Fsp3) is 0.158. The fourth-order valence-corrected chi connectivity index (χ4v) is 3.94. The second-order valence-corrected chi connectivity index (χ2v) is 7.56. The lowest BCUT2D eigenvalue weighted by Gasteiger charge is -2.09. The first kappa shape index (κ1) is 17.9. The van der Waals surface area contributed by atoms with Gasteiger partial charge in [-0.05, 0) is 38.1 Å². The molecule has 0 atom stereocenters. The Hall–Kier alpha value is -2.95. The maximum Gasteiger partial charge on any atom is 0.242 e. The highest BCUT2D eigenvalue weighted by atomic mass is 32.2. The zero-order chi connectivity index (χ0) is 18.7. The molecular weight excluding hydrogens is 348 g/mol. The first-order valence-electron chi connectivity index (χ1n) is 8.03. The van der Waals surface area contributed by atoms with Crippen molar-refractivity contribution < 1.29 is 8.42 Å². The molecule has 3 aromatic rings. The van der Waals surface area contributed by atoms with Gasteiger partial charge < -0.3 is 0 Å². The summed E-state index contributed by atoms with van der Waals surface area (Å²) in [6.07, 6.45) is 0. The zero-order valence-corrected chi connectivity index (χ0v) is 15.3. The van der Waals surface area contributed by atoms with E-state index in [1.165, 1.54) is 12.1 Å². The summed E-state index contributed by atoms with van der Waals surface area (Å²) in [5, 5.41) is 13.6. The molecule has 0 bridgehead atoms. The van der Waals surface area contributed by atoms with E-state index in [0.717, 1.165) is 22.6 Å². The van der Waals surface area contributed by atoms with Crippen LogP contribution in [0, 0.1) is 25.2 Å². The number of benzene rings is 2. The number of aromatic nitrogens is 2. The molecule has 0 amide bonds. The van der Waals surface area contributed by atoms with Gasteiger partial charge in [-0.25, -0.2) is 17.8 Å². The zero-order valence-electron chi connectivity index (χ0n) is 14.5. The third-order valence-electron chi connectivity index (χ3n) is 4.18. The van der Waals surface area contributed by atoms with Crippen LogP contribution in [0.15, 0.2) is 59.5 Å². The molecule has 0 aliphatic heterocycles. The minimum Gasteiger partial charge on any atom is -0.238 e.